The molecular formula is C13H25NO4SSi. The van der Waals surface area contributed by atoms with Crippen LogP contribution in [0.4, 0.5) is 0 Å². The van der Waals surface area contributed by atoms with Crippen LogP contribution in [-0.4, -0.2) is 48.7 Å². The van der Waals surface area contributed by atoms with E-state index in [2.05, 4.69) is 46.5 Å². The lowest BCUT2D eigenvalue weighted by Crippen LogP contribution is -2.60. The Morgan fingerprint density at radius 1 is 1.45 bits per heavy atom. The summed E-state index contributed by atoms with van der Waals surface area (Å²) in [5, 5.41) is 8.54. The van der Waals surface area contributed by atoms with Gasteiger partial charge in [-0.05, 0) is 24.6 Å². The molecule has 7 heteroatoms. The van der Waals surface area contributed by atoms with Crippen LogP contribution >= 0.6 is 12.6 Å². The summed E-state index contributed by atoms with van der Waals surface area (Å²) in [5.41, 5.74) is 0. The first-order valence-electron chi connectivity index (χ1n) is 6.81. The quantitative estimate of drug-likeness (QED) is 0.447. The fourth-order valence-corrected chi connectivity index (χ4v) is 3.39. The summed E-state index contributed by atoms with van der Waals surface area (Å²) in [5.74, 6) is -1.36. The number of carboxylic acid groups (broad SMARTS) is 1. The summed E-state index contributed by atoms with van der Waals surface area (Å²) >= 11 is 4.31. The van der Waals surface area contributed by atoms with Gasteiger partial charge in [-0.3, -0.25) is 9.59 Å². The predicted octanol–water partition coefficient (Wildman–Crippen LogP) is 2.20. The van der Waals surface area contributed by atoms with Gasteiger partial charge in [0.1, 0.15) is 6.54 Å². The minimum atomic E-state index is -1.79. The van der Waals surface area contributed by atoms with E-state index in [0.717, 1.165) is 0 Å². The molecule has 1 fully saturated rings. The fraction of sp³-hybridized carbons (Fsp3) is 0.846. The van der Waals surface area contributed by atoms with Gasteiger partial charge in [0, 0.05) is 6.61 Å². The van der Waals surface area contributed by atoms with Gasteiger partial charge in [0.2, 0.25) is 5.91 Å². The third-order valence-electron chi connectivity index (χ3n) is 4.28. The summed E-state index contributed by atoms with van der Waals surface area (Å²) in [7, 11) is -1.79. The number of carbonyl (C=O) groups is 2. The van der Waals surface area contributed by atoms with Gasteiger partial charge in [-0.25, -0.2) is 0 Å². The topological polar surface area (TPSA) is 66.8 Å². The molecule has 1 amide bonds. The number of thiol groups is 1. The second-order valence-corrected chi connectivity index (χ2v) is 12.1. The molecule has 0 bridgehead atoms. The second kappa shape index (κ2) is 6.07. The molecule has 116 valence electrons. The Hall–Kier alpha value is -0.533. The van der Waals surface area contributed by atoms with Crippen molar-refractivity contribution in [1.82, 2.24) is 4.90 Å². The SMILES string of the molecule is CC(C)(C)[Si](C)(C)OCC[C@H]1C(=O)N(CC(=O)O)[C@@H]1S. The number of amides is 1. The summed E-state index contributed by atoms with van der Waals surface area (Å²) in [6.45, 7) is 11.1. The zero-order chi connectivity index (χ0) is 15.7. The van der Waals surface area contributed by atoms with Gasteiger partial charge in [-0.15, -0.1) is 0 Å². The number of hydrogen-bond donors (Lipinski definition) is 2. The van der Waals surface area contributed by atoms with E-state index in [1.807, 2.05) is 0 Å². The van der Waals surface area contributed by atoms with Crippen molar-refractivity contribution < 1.29 is 19.1 Å². The van der Waals surface area contributed by atoms with E-state index in [9.17, 15) is 9.59 Å². The normalized spacial score (nSPS) is 23.7. The molecule has 5 nitrogen and oxygen atoms in total. The smallest absolute Gasteiger partial charge is 0.323 e. The van der Waals surface area contributed by atoms with Gasteiger partial charge in [0.05, 0.1) is 11.3 Å². The predicted molar refractivity (Wildman–Crippen MR) is 83.4 cm³/mol. The van der Waals surface area contributed by atoms with Crippen molar-refractivity contribution in [3.05, 3.63) is 0 Å². The Morgan fingerprint density at radius 2 is 2.00 bits per heavy atom. The minimum Gasteiger partial charge on any atom is -0.480 e. The number of β-lactam (4-membered cyclic amide) rings is 1. The molecule has 1 aliphatic heterocycles. The van der Waals surface area contributed by atoms with Crippen molar-refractivity contribution in [2.45, 2.75) is 50.7 Å². The van der Waals surface area contributed by atoms with Crippen molar-refractivity contribution >= 4 is 32.8 Å². The Labute approximate surface area is 127 Å². The zero-order valence-corrected chi connectivity index (χ0v) is 14.7. The Bertz CT molecular complexity index is 394. The second-order valence-electron chi connectivity index (χ2n) is 6.78. The first kappa shape index (κ1) is 17.5. The van der Waals surface area contributed by atoms with Gasteiger partial charge < -0.3 is 14.4 Å². The molecule has 2 atom stereocenters. The third-order valence-corrected chi connectivity index (χ3v) is 9.46. The van der Waals surface area contributed by atoms with E-state index in [1.54, 1.807) is 0 Å². The van der Waals surface area contributed by atoms with Crippen LogP contribution in [0.25, 0.3) is 0 Å². The standard InChI is InChI=1S/C13H25NO4SSi/c1-13(2,3)20(4,5)18-7-6-9-11(17)14(12(9)19)8-10(15)16/h9,12,19H,6-8H2,1-5H3,(H,15,16)/t9-,12+/m0/s1. The van der Waals surface area contributed by atoms with E-state index in [-0.39, 0.29) is 28.8 Å². The molecule has 0 aromatic carbocycles. The van der Waals surface area contributed by atoms with Gasteiger partial charge in [-0.1, -0.05) is 20.8 Å². The number of aliphatic carboxylic acids is 1. The summed E-state index contributed by atoms with van der Waals surface area (Å²) < 4.78 is 6.03. The maximum absolute atomic E-state index is 11.8. The Morgan fingerprint density at radius 3 is 2.40 bits per heavy atom. The minimum absolute atomic E-state index is 0.133. The van der Waals surface area contributed by atoms with Gasteiger partial charge in [0.15, 0.2) is 8.32 Å². The van der Waals surface area contributed by atoms with Crippen molar-refractivity contribution in [1.29, 1.82) is 0 Å². The lowest BCUT2D eigenvalue weighted by Gasteiger charge is -2.44. The fourth-order valence-electron chi connectivity index (χ4n) is 1.85. The van der Waals surface area contributed by atoms with Crippen molar-refractivity contribution in [2.24, 2.45) is 5.92 Å². The molecule has 1 heterocycles. The molecule has 0 spiro atoms. The van der Waals surface area contributed by atoms with Crippen LogP contribution in [-0.2, 0) is 14.0 Å². The molecule has 0 aromatic heterocycles. The van der Waals surface area contributed by atoms with Crippen LogP contribution in [0, 0.1) is 5.92 Å². The Balaban J connectivity index is 2.42. The van der Waals surface area contributed by atoms with Crippen molar-refractivity contribution in [3.63, 3.8) is 0 Å². The van der Waals surface area contributed by atoms with E-state index >= 15 is 0 Å². The van der Waals surface area contributed by atoms with Crippen molar-refractivity contribution in [3.8, 4) is 0 Å². The number of rotatable bonds is 6. The van der Waals surface area contributed by atoms with E-state index in [0.29, 0.717) is 13.0 Å². The molecule has 1 rings (SSSR count). The monoisotopic (exact) mass is 319 g/mol. The highest BCUT2D eigenvalue weighted by molar-refractivity contribution is 7.81. The highest BCUT2D eigenvalue weighted by Gasteiger charge is 2.46. The zero-order valence-electron chi connectivity index (χ0n) is 12.8. The van der Waals surface area contributed by atoms with Crippen LogP contribution in [0.1, 0.15) is 27.2 Å². The average Bonchev–Trinajstić information content (AvgIpc) is 2.29. The van der Waals surface area contributed by atoms with Crippen LogP contribution in [0.3, 0.4) is 0 Å². The first-order valence-corrected chi connectivity index (χ1v) is 10.2. The molecule has 1 aliphatic rings. The number of carboxylic acids is 1. The maximum Gasteiger partial charge on any atom is 0.323 e. The number of nitrogens with zero attached hydrogens (tertiary/aromatic N) is 1. The number of likely N-dealkylation sites (tertiary alicyclic amines) is 1. The highest BCUT2D eigenvalue weighted by atomic mass is 32.1. The van der Waals surface area contributed by atoms with Crippen LogP contribution in [0.15, 0.2) is 0 Å². The molecule has 0 unspecified atom stereocenters. The first-order chi connectivity index (χ1) is 8.97. The third kappa shape index (κ3) is 3.77. The molecule has 0 radical (unpaired) electrons. The van der Waals surface area contributed by atoms with Crippen molar-refractivity contribution in [2.75, 3.05) is 13.2 Å². The number of carbonyl (C=O) groups excluding carboxylic acids is 1. The van der Waals surface area contributed by atoms with E-state index < -0.39 is 14.3 Å². The van der Waals surface area contributed by atoms with E-state index in [4.69, 9.17) is 9.53 Å². The molecule has 0 aromatic rings. The summed E-state index contributed by atoms with van der Waals surface area (Å²) in [6.07, 6.45) is 0.607. The lowest BCUT2D eigenvalue weighted by atomic mass is 9.95. The van der Waals surface area contributed by atoms with Gasteiger partial charge in [-0.2, -0.15) is 12.6 Å². The molecule has 1 N–H and O–H groups in total. The maximum atomic E-state index is 11.8. The van der Waals surface area contributed by atoms with Gasteiger partial charge >= 0.3 is 5.97 Å². The molecule has 0 saturated carbocycles. The summed E-state index contributed by atoms with van der Waals surface area (Å²) in [4.78, 5) is 23.7. The molecule has 0 aliphatic carbocycles. The lowest BCUT2D eigenvalue weighted by molar-refractivity contribution is -0.158. The highest BCUT2D eigenvalue weighted by Crippen LogP contribution is 2.37. The number of hydrogen-bond acceptors (Lipinski definition) is 4. The van der Waals surface area contributed by atoms with Crippen LogP contribution < -0.4 is 0 Å². The van der Waals surface area contributed by atoms with E-state index in [1.165, 1.54) is 4.90 Å². The average molecular weight is 319 g/mol. The molecular weight excluding hydrogens is 294 g/mol. The van der Waals surface area contributed by atoms with Crippen LogP contribution in [0.2, 0.25) is 18.1 Å². The summed E-state index contributed by atoms with van der Waals surface area (Å²) in [6, 6.07) is 0. The molecule has 20 heavy (non-hydrogen) atoms. The van der Waals surface area contributed by atoms with Crippen LogP contribution in [0.5, 0.6) is 0 Å². The largest absolute Gasteiger partial charge is 0.480 e. The molecule has 1 saturated heterocycles. The van der Waals surface area contributed by atoms with Gasteiger partial charge in [0.25, 0.3) is 0 Å². The Kier molecular flexibility index (Phi) is 5.32.